The molecule has 0 aliphatic heterocycles. The Morgan fingerprint density at radius 1 is 0.913 bits per heavy atom. The van der Waals surface area contributed by atoms with E-state index in [-0.39, 0.29) is 18.5 Å². The van der Waals surface area contributed by atoms with Crippen LogP contribution < -0.4 is 0 Å². The maximum atomic E-state index is 12.8. The van der Waals surface area contributed by atoms with Gasteiger partial charge in [-0.3, -0.25) is 4.79 Å². The first-order chi connectivity index (χ1) is 10.9. The summed E-state index contributed by atoms with van der Waals surface area (Å²) in [6.45, 7) is 12.3. The highest BCUT2D eigenvalue weighted by Gasteiger charge is 2.48. The van der Waals surface area contributed by atoms with E-state index in [1.807, 2.05) is 13.8 Å². The second-order valence-corrected chi connectivity index (χ2v) is 6.30. The molecule has 0 aromatic rings. The molecular weight excluding hydrogens is 296 g/mol. The average molecular weight is 330 g/mol. The quantitative estimate of drug-likeness (QED) is 0.513. The molecule has 0 fully saturated rings. The summed E-state index contributed by atoms with van der Waals surface area (Å²) in [6.07, 6.45) is 2.28. The van der Waals surface area contributed by atoms with E-state index in [4.69, 9.17) is 14.2 Å². The zero-order chi connectivity index (χ0) is 17.9. The van der Waals surface area contributed by atoms with Crippen LogP contribution in [0.2, 0.25) is 0 Å². The summed E-state index contributed by atoms with van der Waals surface area (Å²) in [5, 5.41) is 0. The molecule has 1 unspecified atom stereocenters. The number of carbonyl (C=O) groups excluding carboxylic acids is 2. The van der Waals surface area contributed by atoms with Crippen LogP contribution in [-0.4, -0.2) is 31.4 Å². The summed E-state index contributed by atoms with van der Waals surface area (Å²) >= 11 is 0. The van der Waals surface area contributed by atoms with Gasteiger partial charge in [-0.05, 0) is 39.0 Å². The number of rotatable bonds is 11. The Morgan fingerprint density at radius 2 is 1.43 bits per heavy atom. The fourth-order valence-electron chi connectivity index (χ4n) is 3.03. The largest absolute Gasteiger partial charge is 0.508 e. The minimum absolute atomic E-state index is 0.251. The highest BCUT2D eigenvalue weighted by atomic mass is 16.7. The lowest BCUT2D eigenvalue weighted by Crippen LogP contribution is -2.46. The average Bonchev–Trinajstić information content (AvgIpc) is 2.46. The van der Waals surface area contributed by atoms with E-state index < -0.39 is 17.7 Å². The second-order valence-electron chi connectivity index (χ2n) is 6.30. The third-order valence-electron chi connectivity index (χ3n) is 3.88. The van der Waals surface area contributed by atoms with Crippen molar-refractivity contribution in [1.82, 2.24) is 0 Å². The number of carbonyl (C=O) groups is 2. The van der Waals surface area contributed by atoms with Gasteiger partial charge in [0, 0.05) is 0 Å². The molecule has 136 valence electrons. The van der Waals surface area contributed by atoms with Crippen LogP contribution >= 0.6 is 0 Å². The number of ether oxygens (including phenoxy) is 3. The fourth-order valence-corrected chi connectivity index (χ4v) is 3.03. The van der Waals surface area contributed by atoms with Crippen LogP contribution in [0.3, 0.4) is 0 Å². The van der Waals surface area contributed by atoms with Crippen LogP contribution in [0.25, 0.3) is 0 Å². The van der Waals surface area contributed by atoms with Gasteiger partial charge in [-0.1, -0.05) is 40.5 Å². The summed E-state index contributed by atoms with van der Waals surface area (Å²) in [7, 11) is 0. The molecule has 0 aromatic carbocycles. The summed E-state index contributed by atoms with van der Waals surface area (Å²) in [6, 6.07) is 0. The summed E-state index contributed by atoms with van der Waals surface area (Å²) in [5.41, 5.74) is -0.795. The lowest BCUT2D eigenvalue weighted by molar-refractivity contribution is -0.167. The van der Waals surface area contributed by atoms with Crippen molar-refractivity contribution in [2.24, 2.45) is 11.3 Å². The van der Waals surface area contributed by atoms with Crippen molar-refractivity contribution in [2.45, 2.75) is 79.8 Å². The van der Waals surface area contributed by atoms with Gasteiger partial charge in [0.25, 0.3) is 0 Å². The molecule has 0 aliphatic rings. The summed E-state index contributed by atoms with van der Waals surface area (Å²) in [4.78, 5) is 24.6. The van der Waals surface area contributed by atoms with Crippen molar-refractivity contribution in [3.63, 3.8) is 0 Å². The van der Waals surface area contributed by atoms with Gasteiger partial charge >= 0.3 is 12.1 Å². The van der Waals surface area contributed by atoms with E-state index >= 15 is 0 Å². The molecule has 0 N–H and O–H groups in total. The van der Waals surface area contributed by atoms with E-state index in [0.29, 0.717) is 25.9 Å². The van der Waals surface area contributed by atoms with Gasteiger partial charge in [0.2, 0.25) is 0 Å². The monoisotopic (exact) mass is 330 g/mol. The van der Waals surface area contributed by atoms with E-state index in [1.54, 1.807) is 13.8 Å². The van der Waals surface area contributed by atoms with E-state index in [1.165, 1.54) is 0 Å². The smallest absolute Gasteiger partial charge is 0.465 e. The normalized spacial score (nSPS) is 12.8. The number of hydrogen-bond acceptors (Lipinski definition) is 5. The Bertz CT molecular complexity index is 345. The van der Waals surface area contributed by atoms with Crippen LogP contribution in [-0.2, 0) is 19.0 Å². The molecule has 0 aliphatic carbocycles. The molecule has 0 saturated carbocycles. The fraction of sp³-hybridized carbons (Fsp3) is 0.889. The maximum absolute atomic E-state index is 12.8. The minimum Gasteiger partial charge on any atom is -0.465 e. The van der Waals surface area contributed by atoms with E-state index in [0.717, 1.165) is 12.8 Å². The van der Waals surface area contributed by atoms with Crippen molar-refractivity contribution in [3.8, 4) is 0 Å². The predicted molar refractivity (Wildman–Crippen MR) is 90.2 cm³/mol. The van der Waals surface area contributed by atoms with Crippen molar-refractivity contribution < 1.29 is 23.8 Å². The Hall–Kier alpha value is -1.26. The van der Waals surface area contributed by atoms with E-state index in [9.17, 15) is 9.59 Å². The minimum atomic E-state index is -0.795. The van der Waals surface area contributed by atoms with Gasteiger partial charge in [0.1, 0.15) is 11.5 Å². The Labute approximate surface area is 141 Å². The van der Waals surface area contributed by atoms with Crippen LogP contribution in [0.15, 0.2) is 0 Å². The predicted octanol–water partition coefficient (Wildman–Crippen LogP) is 4.72. The van der Waals surface area contributed by atoms with Crippen LogP contribution in [0, 0.1) is 11.3 Å². The van der Waals surface area contributed by atoms with Crippen LogP contribution in [0.1, 0.15) is 73.6 Å². The van der Waals surface area contributed by atoms with Crippen molar-refractivity contribution >= 4 is 12.1 Å². The number of hydrogen-bond donors (Lipinski definition) is 0. The molecule has 5 nitrogen and oxygen atoms in total. The molecular formula is C18H34O5. The highest BCUT2D eigenvalue weighted by Crippen LogP contribution is 2.40. The van der Waals surface area contributed by atoms with Gasteiger partial charge in [0.15, 0.2) is 0 Å². The molecule has 0 saturated heterocycles. The molecule has 1 atom stereocenters. The molecule has 0 radical (unpaired) electrons. The molecule has 5 heteroatoms. The topological polar surface area (TPSA) is 61.8 Å². The Balaban J connectivity index is 5.63. The Morgan fingerprint density at radius 3 is 1.83 bits per heavy atom. The SMILES string of the molecule is CCCC(CCC)(C(=O)OCC)C(CC(C)C)OC(=O)OCC. The van der Waals surface area contributed by atoms with Crippen molar-refractivity contribution in [3.05, 3.63) is 0 Å². The zero-order valence-corrected chi connectivity index (χ0v) is 15.6. The second kappa shape index (κ2) is 11.3. The lowest BCUT2D eigenvalue weighted by Gasteiger charge is -2.38. The van der Waals surface area contributed by atoms with Crippen LogP contribution in [0.5, 0.6) is 0 Å². The van der Waals surface area contributed by atoms with Crippen LogP contribution in [0.4, 0.5) is 4.79 Å². The summed E-state index contributed by atoms with van der Waals surface area (Å²) in [5.74, 6) is 0.0237. The molecule has 0 amide bonds. The summed E-state index contributed by atoms with van der Waals surface area (Å²) < 4.78 is 15.9. The first-order valence-corrected chi connectivity index (χ1v) is 8.88. The molecule has 0 aromatic heterocycles. The van der Waals surface area contributed by atoms with Gasteiger partial charge in [0.05, 0.1) is 13.2 Å². The van der Waals surface area contributed by atoms with Gasteiger partial charge < -0.3 is 14.2 Å². The standard InChI is InChI=1S/C18H34O5/c1-7-11-18(12-8-2,16(19)21-9-3)15(13-14(5)6)23-17(20)22-10-4/h14-15H,7-13H2,1-6H3. The van der Waals surface area contributed by atoms with E-state index in [2.05, 4.69) is 13.8 Å². The first-order valence-electron chi connectivity index (χ1n) is 8.88. The molecule has 0 rings (SSSR count). The zero-order valence-electron chi connectivity index (χ0n) is 15.6. The Kier molecular flexibility index (Phi) is 10.7. The lowest BCUT2D eigenvalue weighted by atomic mass is 9.72. The first kappa shape index (κ1) is 21.7. The van der Waals surface area contributed by atoms with Crippen molar-refractivity contribution in [2.75, 3.05) is 13.2 Å². The molecule has 0 bridgehead atoms. The van der Waals surface area contributed by atoms with Gasteiger partial charge in [-0.25, -0.2) is 4.79 Å². The third kappa shape index (κ3) is 6.80. The molecule has 23 heavy (non-hydrogen) atoms. The number of esters is 1. The molecule has 0 heterocycles. The maximum Gasteiger partial charge on any atom is 0.508 e. The van der Waals surface area contributed by atoms with Gasteiger partial charge in [-0.15, -0.1) is 0 Å². The molecule has 0 spiro atoms. The highest BCUT2D eigenvalue weighted by molar-refractivity contribution is 5.78. The third-order valence-corrected chi connectivity index (χ3v) is 3.88. The van der Waals surface area contributed by atoms with Crippen molar-refractivity contribution in [1.29, 1.82) is 0 Å². The van der Waals surface area contributed by atoms with Gasteiger partial charge in [-0.2, -0.15) is 0 Å².